The lowest BCUT2D eigenvalue weighted by Gasteiger charge is -2.16. The smallest absolute Gasteiger partial charge is 0.337 e. The molecule has 8 heteroatoms. The zero-order valence-corrected chi connectivity index (χ0v) is 14.7. The molecule has 0 atom stereocenters. The third-order valence-electron chi connectivity index (χ3n) is 4.17. The van der Waals surface area contributed by atoms with Crippen LogP contribution in [0.1, 0.15) is 36.7 Å². The van der Waals surface area contributed by atoms with Crippen LogP contribution in [0.4, 0.5) is 0 Å². The minimum absolute atomic E-state index is 0.218. The highest BCUT2D eigenvalue weighted by atomic mass is 35.5. The molecular weight excluding hydrogens is 344 g/mol. The Morgan fingerprint density at radius 1 is 1.16 bits per heavy atom. The Morgan fingerprint density at radius 3 is 2.40 bits per heavy atom. The molecule has 1 aliphatic rings. The number of hydrogen-bond donors (Lipinski definition) is 0. The van der Waals surface area contributed by atoms with Crippen LogP contribution < -0.4 is 11.2 Å². The summed E-state index contributed by atoms with van der Waals surface area (Å²) in [5.74, 6) is -0.421. The normalized spacial score (nSPS) is 14.1. The molecule has 0 bridgehead atoms. The third-order valence-corrected chi connectivity index (χ3v) is 4.43. The lowest BCUT2D eigenvalue weighted by molar-refractivity contribution is 0.0781. The number of amides is 1. The zero-order chi connectivity index (χ0) is 18.0. The summed E-state index contributed by atoms with van der Waals surface area (Å²) in [6.45, 7) is 3.30. The summed E-state index contributed by atoms with van der Waals surface area (Å²) < 4.78 is 2.17. The van der Waals surface area contributed by atoms with Crippen molar-refractivity contribution in [2.24, 2.45) is 0 Å². The fourth-order valence-electron chi connectivity index (χ4n) is 2.89. The minimum Gasteiger partial charge on any atom is -0.337 e. The van der Waals surface area contributed by atoms with Crippen LogP contribution in [-0.4, -0.2) is 38.2 Å². The Labute approximate surface area is 149 Å². The van der Waals surface area contributed by atoms with Gasteiger partial charge in [-0.25, -0.2) is 4.79 Å². The Hall–Kier alpha value is -2.41. The van der Waals surface area contributed by atoms with Crippen LogP contribution in [0, 0.1) is 0 Å². The molecule has 0 saturated carbocycles. The maximum absolute atomic E-state index is 12.7. The summed E-state index contributed by atoms with van der Waals surface area (Å²) in [6.07, 6.45) is 2.41. The maximum Gasteiger partial charge on any atom is 0.352 e. The van der Waals surface area contributed by atoms with Gasteiger partial charge in [0.15, 0.2) is 0 Å². The number of carbonyl (C=O) groups is 1. The zero-order valence-electron chi connectivity index (χ0n) is 13.9. The Bertz CT molecular complexity index is 896. The quantitative estimate of drug-likeness (QED) is 0.829. The molecule has 0 aliphatic carbocycles. The first-order valence-corrected chi connectivity index (χ1v) is 8.70. The molecule has 2 aromatic rings. The summed E-state index contributed by atoms with van der Waals surface area (Å²) in [5.41, 5.74) is -0.958. The molecule has 1 aromatic heterocycles. The van der Waals surface area contributed by atoms with Gasteiger partial charge < -0.3 is 4.90 Å². The second-order valence-electron chi connectivity index (χ2n) is 5.98. The van der Waals surface area contributed by atoms with Gasteiger partial charge in [0, 0.05) is 24.7 Å². The van der Waals surface area contributed by atoms with Crippen LogP contribution in [0.5, 0.6) is 0 Å². The van der Waals surface area contributed by atoms with E-state index in [9.17, 15) is 14.4 Å². The number of hydrogen-bond acceptors (Lipinski definition) is 4. The molecule has 0 spiro atoms. The molecule has 132 valence electrons. The molecule has 2 heterocycles. The molecule has 1 amide bonds. The number of benzene rings is 1. The van der Waals surface area contributed by atoms with E-state index in [2.05, 4.69) is 5.10 Å². The predicted octanol–water partition coefficient (Wildman–Crippen LogP) is 1.69. The van der Waals surface area contributed by atoms with Crippen LogP contribution in [0.2, 0.25) is 5.02 Å². The van der Waals surface area contributed by atoms with Crippen LogP contribution in [0.15, 0.2) is 33.9 Å². The lowest BCUT2D eigenvalue weighted by atomic mass is 10.3. The van der Waals surface area contributed by atoms with Crippen molar-refractivity contribution in [2.45, 2.75) is 32.7 Å². The largest absolute Gasteiger partial charge is 0.352 e. The fraction of sp³-hybridized carbons (Fsp3) is 0.412. The molecule has 25 heavy (non-hydrogen) atoms. The van der Waals surface area contributed by atoms with E-state index >= 15 is 0 Å². The van der Waals surface area contributed by atoms with Gasteiger partial charge in [0.2, 0.25) is 5.69 Å². The monoisotopic (exact) mass is 362 g/mol. The molecule has 7 nitrogen and oxygen atoms in total. The molecule has 0 unspecified atom stereocenters. The average molecular weight is 363 g/mol. The highest BCUT2D eigenvalue weighted by Crippen LogP contribution is 2.12. The van der Waals surface area contributed by atoms with E-state index in [1.807, 2.05) is 6.92 Å². The average Bonchev–Trinajstić information content (AvgIpc) is 3.14. The van der Waals surface area contributed by atoms with Crippen molar-refractivity contribution in [3.05, 3.63) is 55.8 Å². The van der Waals surface area contributed by atoms with Crippen molar-refractivity contribution in [3.8, 4) is 5.69 Å². The van der Waals surface area contributed by atoms with Gasteiger partial charge in [0.25, 0.3) is 11.5 Å². The topological polar surface area (TPSA) is 77.2 Å². The van der Waals surface area contributed by atoms with Crippen LogP contribution in [0.3, 0.4) is 0 Å². The number of rotatable bonds is 4. The SMILES string of the molecule is CCCn1c(=O)c(C(=O)N2CCCC2)nn(-c2ccc(Cl)cc2)c1=O. The Kier molecular flexibility index (Phi) is 5.03. The first-order valence-electron chi connectivity index (χ1n) is 8.32. The molecule has 1 fully saturated rings. The standard InChI is InChI=1S/C17H19ClN4O3/c1-2-9-21-16(24)14(15(23)20-10-3-4-11-20)19-22(17(21)25)13-7-5-12(18)6-8-13/h5-8H,2-4,9-11H2,1H3. The van der Waals surface area contributed by atoms with E-state index in [4.69, 9.17) is 11.6 Å². The summed E-state index contributed by atoms with van der Waals surface area (Å²) in [4.78, 5) is 39.6. The first-order chi connectivity index (χ1) is 12.0. The van der Waals surface area contributed by atoms with Gasteiger partial charge in [0.1, 0.15) is 0 Å². The molecule has 3 rings (SSSR count). The van der Waals surface area contributed by atoms with E-state index < -0.39 is 17.2 Å². The van der Waals surface area contributed by atoms with E-state index in [0.717, 1.165) is 22.1 Å². The van der Waals surface area contributed by atoms with Crippen molar-refractivity contribution in [1.82, 2.24) is 19.2 Å². The molecule has 1 saturated heterocycles. The van der Waals surface area contributed by atoms with E-state index in [1.54, 1.807) is 29.2 Å². The lowest BCUT2D eigenvalue weighted by Crippen LogP contribution is -2.46. The number of likely N-dealkylation sites (tertiary alicyclic amines) is 1. The molecule has 1 aromatic carbocycles. The summed E-state index contributed by atoms with van der Waals surface area (Å²) in [5, 5.41) is 4.62. The van der Waals surface area contributed by atoms with Crippen LogP contribution in [0.25, 0.3) is 5.69 Å². The van der Waals surface area contributed by atoms with Crippen molar-refractivity contribution >= 4 is 17.5 Å². The highest BCUT2D eigenvalue weighted by molar-refractivity contribution is 6.30. The van der Waals surface area contributed by atoms with Crippen molar-refractivity contribution in [1.29, 1.82) is 0 Å². The Morgan fingerprint density at radius 2 is 1.80 bits per heavy atom. The van der Waals surface area contributed by atoms with Crippen molar-refractivity contribution < 1.29 is 4.79 Å². The Balaban J connectivity index is 2.17. The van der Waals surface area contributed by atoms with Gasteiger partial charge in [0.05, 0.1) is 5.69 Å². The second-order valence-corrected chi connectivity index (χ2v) is 6.41. The van der Waals surface area contributed by atoms with Gasteiger partial charge in [-0.15, -0.1) is 0 Å². The third kappa shape index (κ3) is 3.37. The molecule has 0 radical (unpaired) electrons. The van der Waals surface area contributed by atoms with Gasteiger partial charge in [-0.3, -0.25) is 14.2 Å². The van der Waals surface area contributed by atoms with Gasteiger partial charge in [-0.2, -0.15) is 9.78 Å². The second kappa shape index (κ2) is 7.23. The first kappa shape index (κ1) is 17.4. The summed E-state index contributed by atoms with van der Waals surface area (Å²) in [7, 11) is 0. The van der Waals surface area contributed by atoms with E-state index in [1.165, 1.54) is 0 Å². The molecule has 1 aliphatic heterocycles. The maximum atomic E-state index is 12.7. The fourth-order valence-corrected chi connectivity index (χ4v) is 3.02. The number of nitrogens with zero attached hydrogens (tertiary/aromatic N) is 4. The van der Waals surface area contributed by atoms with Gasteiger partial charge in [-0.1, -0.05) is 18.5 Å². The molecule has 0 N–H and O–H groups in total. The van der Waals surface area contributed by atoms with E-state index in [0.29, 0.717) is 30.2 Å². The van der Waals surface area contributed by atoms with Gasteiger partial charge >= 0.3 is 5.69 Å². The molecular formula is C17H19ClN4O3. The van der Waals surface area contributed by atoms with Crippen molar-refractivity contribution in [3.63, 3.8) is 0 Å². The van der Waals surface area contributed by atoms with Gasteiger partial charge in [-0.05, 0) is 43.5 Å². The number of halogens is 1. The summed E-state index contributed by atoms with van der Waals surface area (Å²) >= 11 is 5.89. The van der Waals surface area contributed by atoms with E-state index in [-0.39, 0.29) is 12.2 Å². The van der Waals surface area contributed by atoms with Crippen LogP contribution >= 0.6 is 11.6 Å². The number of carbonyl (C=O) groups excluding carboxylic acids is 1. The highest BCUT2D eigenvalue weighted by Gasteiger charge is 2.26. The summed E-state index contributed by atoms with van der Waals surface area (Å²) in [6, 6.07) is 6.51. The number of aromatic nitrogens is 3. The van der Waals surface area contributed by atoms with Crippen LogP contribution in [-0.2, 0) is 6.54 Å². The van der Waals surface area contributed by atoms with Crippen molar-refractivity contribution in [2.75, 3.05) is 13.1 Å². The minimum atomic E-state index is -0.631. The predicted molar refractivity (Wildman–Crippen MR) is 94.5 cm³/mol.